The highest BCUT2D eigenvalue weighted by Crippen LogP contribution is 2.26. The Balaban J connectivity index is 2.02. The average molecular weight is 322 g/mol. The highest BCUT2D eigenvalue weighted by molar-refractivity contribution is 5.88. The Hall–Kier alpha value is -1.82. The summed E-state index contributed by atoms with van der Waals surface area (Å²) in [5.41, 5.74) is -0.550. The first-order valence-electron chi connectivity index (χ1n) is 8.13. The van der Waals surface area contributed by atoms with E-state index in [9.17, 15) is 14.7 Å². The van der Waals surface area contributed by atoms with Crippen molar-refractivity contribution in [2.75, 3.05) is 13.1 Å². The zero-order valence-corrected chi connectivity index (χ0v) is 14.3. The first-order valence-corrected chi connectivity index (χ1v) is 8.13. The fourth-order valence-corrected chi connectivity index (χ4v) is 3.18. The third-order valence-electron chi connectivity index (χ3n) is 4.40. The number of nitrogens with zero attached hydrogens (tertiary/aromatic N) is 1. The maximum atomic E-state index is 12.4. The topological polar surface area (TPSA) is 82.8 Å². The molecule has 1 aliphatic rings. The molecule has 2 rings (SSSR count). The van der Waals surface area contributed by atoms with Crippen molar-refractivity contribution in [3.63, 3.8) is 0 Å². The summed E-state index contributed by atoms with van der Waals surface area (Å²) >= 11 is 0. The zero-order valence-electron chi connectivity index (χ0n) is 14.3. The Morgan fingerprint density at radius 3 is 2.70 bits per heavy atom. The van der Waals surface area contributed by atoms with Crippen LogP contribution < -0.4 is 5.32 Å². The highest BCUT2D eigenvalue weighted by Gasteiger charge is 2.33. The van der Waals surface area contributed by atoms with Gasteiger partial charge in [0.2, 0.25) is 11.8 Å². The van der Waals surface area contributed by atoms with Crippen LogP contribution in [0.5, 0.6) is 0 Å². The number of rotatable bonds is 6. The summed E-state index contributed by atoms with van der Waals surface area (Å²) in [6, 6.07) is 1.32. The van der Waals surface area contributed by atoms with Gasteiger partial charge in [-0.15, -0.1) is 0 Å². The molecule has 1 aromatic heterocycles. The maximum absolute atomic E-state index is 12.4. The molecule has 1 aliphatic heterocycles. The summed E-state index contributed by atoms with van der Waals surface area (Å²) in [5, 5.41) is 13.4. The Bertz CT molecular complexity index is 591. The van der Waals surface area contributed by atoms with Crippen molar-refractivity contribution < 1.29 is 19.1 Å². The molecule has 1 fully saturated rings. The lowest BCUT2D eigenvalue weighted by molar-refractivity contribution is -0.138. The molecule has 0 saturated carbocycles. The van der Waals surface area contributed by atoms with Crippen molar-refractivity contribution in [1.82, 2.24) is 10.2 Å². The van der Waals surface area contributed by atoms with E-state index in [2.05, 4.69) is 5.32 Å². The van der Waals surface area contributed by atoms with E-state index in [-0.39, 0.29) is 18.4 Å². The molecule has 1 aromatic rings. The number of amides is 2. The van der Waals surface area contributed by atoms with Gasteiger partial charge in [-0.05, 0) is 39.7 Å². The van der Waals surface area contributed by atoms with E-state index < -0.39 is 11.6 Å². The molecule has 6 heteroatoms. The van der Waals surface area contributed by atoms with Crippen LogP contribution in [0.3, 0.4) is 0 Å². The fourth-order valence-electron chi connectivity index (χ4n) is 3.18. The first-order chi connectivity index (χ1) is 10.8. The van der Waals surface area contributed by atoms with E-state index >= 15 is 0 Å². The second-order valence-electron chi connectivity index (χ2n) is 6.43. The molecule has 0 radical (unpaired) electrons. The van der Waals surface area contributed by atoms with Gasteiger partial charge in [0, 0.05) is 18.5 Å². The fraction of sp³-hybridized carbons (Fsp3) is 0.647. The summed E-state index contributed by atoms with van der Waals surface area (Å²) in [4.78, 5) is 25.9. The van der Waals surface area contributed by atoms with Crippen molar-refractivity contribution in [3.05, 3.63) is 23.2 Å². The normalized spacial score (nSPS) is 18.8. The lowest BCUT2D eigenvalue weighted by atomic mass is 9.96. The van der Waals surface area contributed by atoms with Gasteiger partial charge in [0.15, 0.2) is 0 Å². The van der Waals surface area contributed by atoms with E-state index in [1.54, 1.807) is 24.8 Å². The predicted octanol–water partition coefficient (Wildman–Crippen LogP) is 1.62. The zero-order chi connectivity index (χ0) is 17.2. The van der Waals surface area contributed by atoms with Crippen LogP contribution >= 0.6 is 0 Å². The molecule has 2 amide bonds. The van der Waals surface area contributed by atoms with E-state index in [0.717, 1.165) is 12.2 Å². The van der Waals surface area contributed by atoms with Crippen molar-refractivity contribution in [2.24, 2.45) is 0 Å². The largest absolute Gasteiger partial charge is 0.466 e. The molecule has 0 bridgehead atoms. The highest BCUT2D eigenvalue weighted by atomic mass is 16.3. The van der Waals surface area contributed by atoms with Gasteiger partial charge in [0.25, 0.3) is 0 Å². The Morgan fingerprint density at radius 1 is 1.52 bits per heavy atom. The molecule has 2 N–H and O–H groups in total. The van der Waals surface area contributed by atoms with Crippen LogP contribution in [0.25, 0.3) is 0 Å². The molecule has 2 atom stereocenters. The minimum absolute atomic E-state index is 0.0278. The minimum atomic E-state index is -1.22. The lowest BCUT2D eigenvalue weighted by Crippen LogP contribution is -2.50. The number of nitrogens with one attached hydrogen (secondary N) is 1. The number of aryl methyl sites for hydroxylation is 2. The second kappa shape index (κ2) is 6.74. The number of aliphatic hydroxyl groups is 1. The number of carbonyl (C=O) groups is 2. The van der Waals surface area contributed by atoms with E-state index in [1.165, 1.54) is 0 Å². The molecular weight excluding hydrogens is 296 g/mol. The first kappa shape index (κ1) is 17.5. The van der Waals surface area contributed by atoms with Crippen molar-refractivity contribution in [1.29, 1.82) is 0 Å². The molecular formula is C17H26N2O4. The number of furan rings is 1. The summed E-state index contributed by atoms with van der Waals surface area (Å²) < 4.78 is 5.45. The summed E-state index contributed by atoms with van der Waals surface area (Å²) in [6.07, 6.45) is 1.87. The van der Waals surface area contributed by atoms with Crippen molar-refractivity contribution in [2.45, 2.75) is 58.6 Å². The van der Waals surface area contributed by atoms with E-state index in [1.807, 2.05) is 13.8 Å². The van der Waals surface area contributed by atoms with Crippen molar-refractivity contribution in [3.8, 4) is 0 Å². The molecule has 0 aromatic carbocycles. The van der Waals surface area contributed by atoms with Gasteiger partial charge >= 0.3 is 0 Å². The quantitative estimate of drug-likeness (QED) is 0.834. The molecule has 128 valence electrons. The summed E-state index contributed by atoms with van der Waals surface area (Å²) in [5.74, 6) is 1.17. The smallest absolute Gasteiger partial charge is 0.242 e. The monoisotopic (exact) mass is 322 g/mol. The summed E-state index contributed by atoms with van der Waals surface area (Å²) in [6.45, 7) is 7.84. The van der Waals surface area contributed by atoms with Crippen molar-refractivity contribution >= 4 is 11.8 Å². The van der Waals surface area contributed by atoms with Gasteiger partial charge in [-0.3, -0.25) is 9.59 Å². The predicted molar refractivity (Wildman–Crippen MR) is 85.8 cm³/mol. The Morgan fingerprint density at radius 2 is 2.22 bits per heavy atom. The Kier molecular flexibility index (Phi) is 5.14. The van der Waals surface area contributed by atoms with Crippen LogP contribution in [-0.2, 0) is 15.2 Å². The van der Waals surface area contributed by atoms with Gasteiger partial charge in [-0.1, -0.05) is 6.92 Å². The van der Waals surface area contributed by atoms with Crippen LogP contribution in [0.4, 0.5) is 0 Å². The van der Waals surface area contributed by atoms with Crippen LogP contribution in [-0.4, -0.2) is 41.0 Å². The maximum Gasteiger partial charge on any atom is 0.242 e. The summed E-state index contributed by atoms with van der Waals surface area (Å²) in [7, 11) is 0. The van der Waals surface area contributed by atoms with Crippen LogP contribution in [0.15, 0.2) is 10.5 Å². The SMILES string of the molecule is CCC(C(=O)NCC(C)(O)c1cc(C)oc1C)N1CCCC1=O. The van der Waals surface area contributed by atoms with Gasteiger partial charge in [-0.25, -0.2) is 0 Å². The van der Waals surface area contributed by atoms with Crippen LogP contribution in [0.1, 0.15) is 50.2 Å². The molecule has 0 spiro atoms. The third kappa shape index (κ3) is 3.75. The number of likely N-dealkylation sites (tertiary alicyclic amines) is 1. The average Bonchev–Trinajstić information content (AvgIpc) is 3.04. The van der Waals surface area contributed by atoms with Crippen LogP contribution in [0.2, 0.25) is 0 Å². The Labute approximate surface area is 136 Å². The molecule has 6 nitrogen and oxygen atoms in total. The lowest BCUT2D eigenvalue weighted by Gasteiger charge is -2.28. The molecule has 2 unspecified atom stereocenters. The van der Waals surface area contributed by atoms with Gasteiger partial charge in [0.1, 0.15) is 23.2 Å². The van der Waals surface area contributed by atoms with Gasteiger partial charge < -0.3 is 19.7 Å². The van der Waals surface area contributed by atoms with Gasteiger partial charge in [-0.2, -0.15) is 0 Å². The standard InChI is InChI=1S/C17H26N2O4/c1-5-14(19-8-6-7-15(19)20)16(21)18-10-17(4,22)13-9-11(2)23-12(13)3/h9,14,22H,5-8,10H2,1-4H3,(H,18,21). The number of carbonyl (C=O) groups excluding carboxylic acids is 2. The van der Waals surface area contributed by atoms with Crippen LogP contribution in [0, 0.1) is 13.8 Å². The van der Waals surface area contributed by atoms with E-state index in [0.29, 0.717) is 30.7 Å². The third-order valence-corrected chi connectivity index (χ3v) is 4.40. The molecule has 2 heterocycles. The number of hydrogen-bond donors (Lipinski definition) is 2. The molecule has 0 aliphatic carbocycles. The minimum Gasteiger partial charge on any atom is -0.466 e. The van der Waals surface area contributed by atoms with Gasteiger partial charge in [0.05, 0.1) is 6.54 Å². The van der Waals surface area contributed by atoms with E-state index in [4.69, 9.17) is 4.42 Å². The molecule has 1 saturated heterocycles. The number of hydrogen-bond acceptors (Lipinski definition) is 4. The second-order valence-corrected chi connectivity index (χ2v) is 6.43. The molecule has 23 heavy (non-hydrogen) atoms.